The highest BCUT2D eigenvalue weighted by Gasteiger charge is 2.33. The van der Waals surface area contributed by atoms with E-state index in [2.05, 4.69) is 16.0 Å². The Morgan fingerprint density at radius 2 is 1.31 bits per heavy atom. The van der Waals surface area contributed by atoms with Crippen LogP contribution in [0.15, 0.2) is 187 Å². The lowest BCUT2D eigenvalue weighted by atomic mass is 9.93. The van der Waals surface area contributed by atoms with Crippen LogP contribution >= 0.6 is 11.8 Å². The van der Waals surface area contributed by atoms with Gasteiger partial charge in [0.05, 0.1) is 34.1 Å². The zero-order valence-corrected chi connectivity index (χ0v) is 40.0. The predicted molar refractivity (Wildman–Crippen MR) is 278 cm³/mol. The third-order valence-electron chi connectivity index (χ3n) is 11.9. The first-order chi connectivity index (χ1) is 33.9. The first-order valence-corrected chi connectivity index (χ1v) is 24.2. The van der Waals surface area contributed by atoms with Crippen LogP contribution in [0.4, 0.5) is 16.2 Å². The number of amides is 4. The number of thioether (sulfide) groups is 1. The summed E-state index contributed by atoms with van der Waals surface area (Å²) in [6, 6.07) is 55.7. The van der Waals surface area contributed by atoms with E-state index in [-0.39, 0.29) is 36.6 Å². The van der Waals surface area contributed by atoms with Crippen LogP contribution in [0.3, 0.4) is 0 Å². The van der Waals surface area contributed by atoms with Crippen molar-refractivity contribution in [1.29, 1.82) is 0 Å². The quantitative estimate of drug-likeness (QED) is 0.0925. The molecule has 0 fully saturated rings. The molecule has 0 spiro atoms. The Morgan fingerprint density at radius 1 is 0.671 bits per heavy atom. The van der Waals surface area contributed by atoms with Crippen molar-refractivity contribution in [2.24, 2.45) is 0 Å². The second-order valence-corrected chi connectivity index (χ2v) is 19.1. The normalized spacial score (nSPS) is 13.2. The Kier molecular flexibility index (Phi) is 14.1. The van der Waals surface area contributed by atoms with E-state index in [1.54, 1.807) is 50.1 Å². The molecule has 11 nitrogen and oxygen atoms in total. The van der Waals surface area contributed by atoms with Gasteiger partial charge in [-0.15, -0.1) is 11.8 Å². The number of nitrogens with one attached hydrogen (secondary N) is 3. The maximum Gasteiger partial charge on any atom is 0.407 e. The number of carbonyl (C=O) groups excluding carboxylic acids is 4. The van der Waals surface area contributed by atoms with Gasteiger partial charge >= 0.3 is 6.09 Å². The lowest BCUT2D eigenvalue weighted by molar-refractivity contribution is -0.113. The molecule has 1 atom stereocenters. The second-order valence-electron chi connectivity index (χ2n) is 18.1. The molecule has 4 amide bonds. The molecule has 7 aromatic carbocycles. The molecule has 0 bridgehead atoms. The van der Waals surface area contributed by atoms with Gasteiger partial charge < -0.3 is 34.9 Å². The number of rotatable bonds is 14. The van der Waals surface area contributed by atoms with Gasteiger partial charge in [-0.2, -0.15) is 0 Å². The molecule has 70 heavy (non-hydrogen) atoms. The van der Waals surface area contributed by atoms with E-state index in [1.807, 2.05) is 162 Å². The molecule has 0 aliphatic carbocycles. The average Bonchev–Trinajstić information content (AvgIpc) is 3.76. The summed E-state index contributed by atoms with van der Waals surface area (Å²) in [6.07, 6.45) is 1.67. The van der Waals surface area contributed by atoms with Gasteiger partial charge in [0.25, 0.3) is 11.8 Å². The van der Waals surface area contributed by atoms with Crippen LogP contribution in [0.5, 0.6) is 5.75 Å². The minimum Gasteiger partial charge on any atom is -0.489 e. The summed E-state index contributed by atoms with van der Waals surface area (Å²) in [6.45, 7) is 6.32. The molecule has 1 aromatic heterocycles. The van der Waals surface area contributed by atoms with Crippen LogP contribution in [0.2, 0.25) is 0 Å². The molecule has 0 saturated carbocycles. The Hall–Kier alpha value is -8.09. The number of hydrogen-bond acceptors (Lipinski definition) is 7. The Labute approximate surface area is 411 Å². The molecule has 0 radical (unpaired) electrons. The van der Waals surface area contributed by atoms with Crippen molar-refractivity contribution in [2.45, 2.75) is 56.9 Å². The second kappa shape index (κ2) is 21.1. The highest BCUT2D eigenvalue weighted by Crippen LogP contribution is 2.33. The summed E-state index contributed by atoms with van der Waals surface area (Å²) in [7, 11) is 0. The molecular weight excluding hydrogens is 895 g/mol. The van der Waals surface area contributed by atoms with Crippen molar-refractivity contribution in [3.63, 3.8) is 0 Å². The number of ether oxygens (including phenoxy) is 2. The summed E-state index contributed by atoms with van der Waals surface area (Å²) in [5.74, 6) is 0.0758. The van der Waals surface area contributed by atoms with Crippen LogP contribution in [-0.2, 0) is 29.1 Å². The number of anilines is 2. The molecule has 1 aliphatic heterocycles. The minimum absolute atomic E-state index is 0.144. The molecule has 12 heteroatoms. The summed E-state index contributed by atoms with van der Waals surface area (Å²) in [4.78, 5) is 58.7. The molecule has 3 N–H and O–H groups in total. The molecule has 2 heterocycles. The molecule has 0 saturated heterocycles. The van der Waals surface area contributed by atoms with Crippen molar-refractivity contribution < 1.29 is 28.7 Å². The minimum atomic E-state index is -0.703. The predicted octanol–water partition coefficient (Wildman–Crippen LogP) is 12.0. The number of nitrogens with zero attached hydrogens (tertiary/aromatic N) is 2. The van der Waals surface area contributed by atoms with Crippen LogP contribution < -0.4 is 20.7 Å². The smallest absolute Gasteiger partial charge is 0.407 e. The van der Waals surface area contributed by atoms with Gasteiger partial charge in [-0.3, -0.25) is 14.4 Å². The summed E-state index contributed by atoms with van der Waals surface area (Å²) in [5.41, 5.74) is 7.44. The zero-order valence-electron chi connectivity index (χ0n) is 39.2. The first-order valence-electron chi connectivity index (χ1n) is 23.2. The Morgan fingerprint density at radius 3 is 2.04 bits per heavy atom. The van der Waals surface area contributed by atoms with Crippen molar-refractivity contribution in [2.75, 3.05) is 22.9 Å². The summed E-state index contributed by atoms with van der Waals surface area (Å²) < 4.78 is 13.4. The topological polar surface area (TPSA) is 131 Å². The average molecular weight is 948 g/mol. The number of aromatic nitrogens is 1. The SMILES string of the molecule is CC(C)(C)OC(=O)NC[C@@H]1Cc2ccccc2CN1C(=O)c1cc(NC(=O)CSc2ccccc2)ccc1-n1cc(C(=O)Nc2ccc(-c3ccc(OCc4ccccc4)cc3)cc2)c2ccccc21. The van der Waals surface area contributed by atoms with Crippen LogP contribution in [-0.4, -0.2) is 57.2 Å². The molecular formula is C58H53N5O6S. The largest absolute Gasteiger partial charge is 0.489 e. The number of hydrogen-bond donors (Lipinski definition) is 3. The van der Waals surface area contributed by atoms with Gasteiger partial charge in [0.2, 0.25) is 5.91 Å². The third-order valence-corrected chi connectivity index (χ3v) is 12.9. The van der Waals surface area contributed by atoms with Gasteiger partial charge in [-0.1, -0.05) is 115 Å². The standard InChI is InChI=1S/C58H53N5O6S/c1-58(2,3)69-57(67)59-34-46-32-42-16-10-11-17-43(42)35-62(46)56(66)50-33-45(60-54(64)38-70-48-18-8-5-9-19-48)28-31-53(50)63-36-51(49-20-12-13-21-52(49)63)55(65)61-44-26-22-40(23-27-44)41-24-29-47(30-25-41)68-37-39-14-6-4-7-15-39/h4-31,33,36,46H,32,34-35,37-38H2,1-3H3,(H,59,67)(H,60,64)(H,61,65)/t46-/m0/s1. The lowest BCUT2D eigenvalue weighted by Crippen LogP contribution is -2.50. The fourth-order valence-electron chi connectivity index (χ4n) is 8.52. The van der Waals surface area contributed by atoms with E-state index in [1.165, 1.54) is 11.8 Å². The fraction of sp³-hybridized carbons (Fsp3) is 0.172. The van der Waals surface area contributed by atoms with Gasteiger partial charge in [-0.05, 0) is 116 Å². The summed E-state index contributed by atoms with van der Waals surface area (Å²) >= 11 is 1.42. The van der Waals surface area contributed by atoms with Crippen LogP contribution in [0, 0.1) is 0 Å². The maximum atomic E-state index is 15.4. The zero-order chi connectivity index (χ0) is 48.6. The van der Waals surface area contributed by atoms with E-state index in [4.69, 9.17) is 9.47 Å². The van der Waals surface area contributed by atoms with E-state index in [9.17, 15) is 14.4 Å². The molecule has 8 aromatic rings. The highest BCUT2D eigenvalue weighted by atomic mass is 32.2. The highest BCUT2D eigenvalue weighted by molar-refractivity contribution is 8.00. The van der Waals surface area contributed by atoms with Crippen molar-refractivity contribution in [1.82, 2.24) is 14.8 Å². The number of alkyl carbamates (subject to hydrolysis) is 1. The number of para-hydroxylation sites is 1. The van der Waals surface area contributed by atoms with Gasteiger partial charge in [-0.25, -0.2) is 4.79 Å². The monoisotopic (exact) mass is 947 g/mol. The van der Waals surface area contributed by atoms with Crippen molar-refractivity contribution in [3.05, 3.63) is 210 Å². The maximum absolute atomic E-state index is 15.4. The van der Waals surface area contributed by atoms with E-state index >= 15 is 4.79 Å². The Bertz CT molecular complexity index is 3150. The van der Waals surface area contributed by atoms with E-state index < -0.39 is 17.7 Å². The molecule has 1 aliphatic rings. The fourth-order valence-corrected chi connectivity index (χ4v) is 9.24. The molecule has 352 valence electrons. The Balaban J connectivity index is 1.00. The number of carbonyl (C=O) groups is 4. The molecule has 0 unspecified atom stereocenters. The summed E-state index contributed by atoms with van der Waals surface area (Å²) in [5, 5.41) is 9.69. The van der Waals surface area contributed by atoms with Gasteiger partial charge in [0.1, 0.15) is 18.0 Å². The van der Waals surface area contributed by atoms with Crippen LogP contribution in [0.1, 0.15) is 58.2 Å². The van der Waals surface area contributed by atoms with Crippen LogP contribution in [0.25, 0.3) is 27.7 Å². The van der Waals surface area contributed by atoms with Gasteiger partial charge in [0.15, 0.2) is 0 Å². The lowest BCUT2D eigenvalue weighted by Gasteiger charge is -2.37. The number of fused-ring (bicyclic) bond motifs is 2. The van der Waals surface area contributed by atoms with Crippen molar-refractivity contribution in [3.8, 4) is 22.6 Å². The van der Waals surface area contributed by atoms with E-state index in [0.29, 0.717) is 52.1 Å². The van der Waals surface area contributed by atoms with Gasteiger partial charge in [0, 0.05) is 40.9 Å². The van der Waals surface area contributed by atoms with E-state index in [0.717, 1.165) is 38.5 Å². The van der Waals surface area contributed by atoms with Crippen molar-refractivity contribution >= 4 is 57.9 Å². The first kappa shape index (κ1) is 47.0. The third kappa shape index (κ3) is 11.4. The number of benzene rings is 7. The molecule has 9 rings (SSSR count).